The highest BCUT2D eigenvalue weighted by Gasteiger charge is 2.43. The normalized spacial score (nSPS) is 28.9. The molecule has 9 heteroatoms. The van der Waals surface area contributed by atoms with Crippen LogP contribution in [0.3, 0.4) is 0 Å². The highest BCUT2D eigenvalue weighted by atomic mass is 35.5. The van der Waals surface area contributed by atoms with E-state index in [2.05, 4.69) is 36.3 Å². The lowest BCUT2D eigenvalue weighted by molar-refractivity contribution is -0.141. The van der Waals surface area contributed by atoms with E-state index in [-0.39, 0.29) is 47.7 Å². The van der Waals surface area contributed by atoms with Gasteiger partial charge in [0.05, 0.1) is 12.8 Å². The van der Waals surface area contributed by atoms with Gasteiger partial charge in [-0.3, -0.25) is 9.59 Å². The monoisotopic (exact) mass is 546 g/mol. The fourth-order valence-electron chi connectivity index (χ4n) is 6.45. The van der Waals surface area contributed by atoms with E-state index in [4.69, 9.17) is 16.3 Å². The lowest BCUT2D eigenvalue weighted by Gasteiger charge is -2.51. The van der Waals surface area contributed by atoms with Gasteiger partial charge in [0.25, 0.3) is 0 Å². The van der Waals surface area contributed by atoms with E-state index in [0.29, 0.717) is 54.9 Å². The van der Waals surface area contributed by atoms with Crippen molar-refractivity contribution in [3.05, 3.63) is 23.2 Å². The quantitative estimate of drug-likeness (QED) is 0.548. The Labute approximate surface area is 231 Å². The number of halogens is 1. The molecule has 5 atom stereocenters. The zero-order valence-electron chi connectivity index (χ0n) is 23.2. The van der Waals surface area contributed by atoms with Gasteiger partial charge in [-0.1, -0.05) is 32.4 Å². The number of piperidine rings is 2. The molecule has 2 N–H and O–H groups in total. The molecule has 1 aromatic rings. The molecular weight excluding hydrogens is 504 g/mol. The van der Waals surface area contributed by atoms with Crippen LogP contribution in [0.25, 0.3) is 0 Å². The Balaban J connectivity index is 1.48. The molecule has 3 saturated heterocycles. The highest BCUT2D eigenvalue weighted by molar-refractivity contribution is 6.31. The van der Waals surface area contributed by atoms with Crippen molar-refractivity contribution in [3.8, 4) is 5.75 Å². The Morgan fingerprint density at radius 2 is 1.95 bits per heavy atom. The van der Waals surface area contributed by atoms with E-state index in [0.717, 1.165) is 32.1 Å². The van der Waals surface area contributed by atoms with Gasteiger partial charge in [-0.2, -0.15) is 0 Å². The molecule has 0 saturated carbocycles. The predicted molar refractivity (Wildman–Crippen MR) is 149 cm³/mol. The highest BCUT2D eigenvalue weighted by Crippen LogP contribution is 2.37. The van der Waals surface area contributed by atoms with Crippen molar-refractivity contribution < 1.29 is 19.1 Å². The van der Waals surface area contributed by atoms with Crippen molar-refractivity contribution >= 4 is 35.1 Å². The third-order valence-electron chi connectivity index (χ3n) is 8.53. The Hall–Kier alpha value is -2.48. The molecule has 0 aromatic heterocycles. The molecule has 0 spiro atoms. The van der Waals surface area contributed by atoms with Crippen LogP contribution in [0.15, 0.2) is 18.2 Å². The fourth-order valence-corrected chi connectivity index (χ4v) is 6.62. The average Bonchev–Trinajstić information content (AvgIpc) is 2.87. The van der Waals surface area contributed by atoms with Crippen LogP contribution in [-0.4, -0.2) is 66.5 Å². The van der Waals surface area contributed by atoms with Gasteiger partial charge in [0.15, 0.2) is 0 Å². The van der Waals surface area contributed by atoms with Crippen LogP contribution in [0.4, 0.5) is 10.5 Å². The smallest absolute Gasteiger partial charge is 0.321 e. The summed E-state index contributed by atoms with van der Waals surface area (Å²) < 4.78 is 5.39. The topological polar surface area (TPSA) is 91.0 Å². The molecule has 3 aliphatic rings. The molecule has 3 heterocycles. The molecular formula is C29H43ClN4O4. The summed E-state index contributed by atoms with van der Waals surface area (Å²) in [4.78, 5) is 43.6. The second kappa shape index (κ2) is 12.6. The number of urea groups is 1. The van der Waals surface area contributed by atoms with Gasteiger partial charge < -0.3 is 25.2 Å². The van der Waals surface area contributed by atoms with Crippen molar-refractivity contribution in [2.45, 2.75) is 77.8 Å². The maximum absolute atomic E-state index is 13.6. The lowest BCUT2D eigenvalue weighted by Crippen LogP contribution is -2.60. The number of carbonyl (C=O) groups is 3. The van der Waals surface area contributed by atoms with E-state index in [1.807, 2.05) is 4.90 Å². The van der Waals surface area contributed by atoms with Gasteiger partial charge in [-0.05, 0) is 74.0 Å². The number of amides is 4. The second-order valence-corrected chi connectivity index (χ2v) is 12.3. The Bertz CT molecular complexity index is 1020. The summed E-state index contributed by atoms with van der Waals surface area (Å²) in [6, 6.07) is 5.15. The maximum atomic E-state index is 13.6. The fraction of sp³-hybridized carbons (Fsp3) is 0.690. The Morgan fingerprint density at radius 1 is 1.16 bits per heavy atom. The van der Waals surface area contributed by atoms with Crippen molar-refractivity contribution in [2.75, 3.05) is 32.1 Å². The zero-order valence-corrected chi connectivity index (χ0v) is 23.9. The van der Waals surface area contributed by atoms with Gasteiger partial charge in [-0.15, -0.1) is 0 Å². The number of nitrogens with one attached hydrogen (secondary N) is 2. The molecule has 0 unspecified atom stereocenters. The molecule has 38 heavy (non-hydrogen) atoms. The van der Waals surface area contributed by atoms with Gasteiger partial charge in [0.1, 0.15) is 5.75 Å². The van der Waals surface area contributed by atoms with Crippen LogP contribution in [0.2, 0.25) is 5.02 Å². The van der Waals surface area contributed by atoms with E-state index in [1.54, 1.807) is 25.3 Å². The third-order valence-corrected chi connectivity index (χ3v) is 8.76. The predicted octanol–water partition coefficient (Wildman–Crippen LogP) is 5.16. The molecule has 3 aliphatic heterocycles. The standard InChI is InChI=1S/C29H43ClN4O4/c1-18(2)23-10-8-19(3)12-28(36)34-16-20-13-21(25(34)6-5-7-27(35)31-23)17-33(15-20)29(37)32-24-14-22(30)9-11-26(24)38-4/h9,11,14,18-21,23,25H,5-8,10,12-13,15-17H2,1-4H3,(H,31,35)(H,32,37)/t19-,20+,21-,23+,25+/m1/s1. The van der Waals surface area contributed by atoms with Gasteiger partial charge >= 0.3 is 6.03 Å². The number of carbonyl (C=O) groups excluding carboxylic acids is 3. The van der Waals surface area contributed by atoms with Crippen LogP contribution in [0.5, 0.6) is 5.75 Å². The maximum Gasteiger partial charge on any atom is 0.321 e. The van der Waals surface area contributed by atoms with Crippen molar-refractivity contribution in [1.82, 2.24) is 15.1 Å². The Morgan fingerprint density at radius 3 is 2.68 bits per heavy atom. The molecule has 4 rings (SSSR count). The number of hydrogen-bond donors (Lipinski definition) is 2. The number of fused-ring (bicyclic) bond motifs is 4. The van der Waals surface area contributed by atoms with Gasteiger partial charge in [0, 0.05) is 49.6 Å². The SMILES string of the molecule is COc1ccc(Cl)cc1NC(=O)N1C[C@@H]2C[C@H](C1)[C@@H]1CCCC(=O)N[C@H](C(C)C)CC[C@@H](C)CC(=O)N1C2. The first kappa shape index (κ1) is 28.5. The van der Waals surface area contributed by atoms with Crippen LogP contribution < -0.4 is 15.4 Å². The summed E-state index contributed by atoms with van der Waals surface area (Å²) in [5.74, 6) is 1.92. The van der Waals surface area contributed by atoms with E-state index in [9.17, 15) is 14.4 Å². The van der Waals surface area contributed by atoms with Crippen LogP contribution >= 0.6 is 11.6 Å². The van der Waals surface area contributed by atoms with E-state index >= 15 is 0 Å². The number of rotatable bonds is 3. The molecule has 8 nitrogen and oxygen atoms in total. The molecule has 4 amide bonds. The minimum absolute atomic E-state index is 0.0386. The minimum atomic E-state index is -0.183. The van der Waals surface area contributed by atoms with Crippen molar-refractivity contribution in [1.29, 1.82) is 0 Å². The first-order valence-electron chi connectivity index (χ1n) is 14.1. The summed E-state index contributed by atoms with van der Waals surface area (Å²) in [7, 11) is 1.56. The number of benzene rings is 1. The van der Waals surface area contributed by atoms with E-state index in [1.165, 1.54) is 0 Å². The average molecular weight is 547 g/mol. The number of likely N-dealkylation sites (tertiary alicyclic amines) is 1. The molecule has 210 valence electrons. The number of methoxy groups -OCH3 is 1. The molecule has 0 radical (unpaired) electrons. The van der Waals surface area contributed by atoms with E-state index < -0.39 is 0 Å². The number of ether oxygens (including phenoxy) is 1. The second-order valence-electron chi connectivity index (χ2n) is 11.9. The summed E-state index contributed by atoms with van der Waals surface area (Å²) in [6.45, 7) is 8.28. The van der Waals surface area contributed by atoms with Crippen LogP contribution in [0.1, 0.15) is 65.7 Å². The molecule has 0 aliphatic carbocycles. The first-order chi connectivity index (χ1) is 18.1. The van der Waals surface area contributed by atoms with Gasteiger partial charge in [0.2, 0.25) is 11.8 Å². The van der Waals surface area contributed by atoms with Crippen LogP contribution in [0, 0.1) is 23.7 Å². The third kappa shape index (κ3) is 6.93. The van der Waals surface area contributed by atoms with Gasteiger partial charge in [-0.25, -0.2) is 4.79 Å². The summed E-state index contributed by atoms with van der Waals surface area (Å²) in [5.41, 5.74) is 0.541. The molecule has 3 fully saturated rings. The first-order valence-corrected chi connectivity index (χ1v) is 14.5. The summed E-state index contributed by atoms with van der Waals surface area (Å²) in [5, 5.41) is 6.74. The van der Waals surface area contributed by atoms with Crippen LogP contribution in [-0.2, 0) is 9.59 Å². The summed E-state index contributed by atoms with van der Waals surface area (Å²) >= 11 is 6.15. The molecule has 1 aromatic carbocycles. The largest absolute Gasteiger partial charge is 0.495 e. The lowest BCUT2D eigenvalue weighted by atomic mass is 9.77. The summed E-state index contributed by atoms with van der Waals surface area (Å²) in [6.07, 6.45) is 5.31. The number of nitrogens with zero attached hydrogens (tertiary/aromatic N) is 2. The Kier molecular flexibility index (Phi) is 9.45. The molecule has 2 bridgehead atoms. The zero-order chi connectivity index (χ0) is 27.4. The van der Waals surface area contributed by atoms with Crippen molar-refractivity contribution in [2.24, 2.45) is 23.7 Å². The van der Waals surface area contributed by atoms with Crippen molar-refractivity contribution in [3.63, 3.8) is 0 Å². The number of hydrogen-bond acceptors (Lipinski definition) is 4. The number of anilines is 1. The minimum Gasteiger partial charge on any atom is -0.495 e.